The van der Waals surface area contributed by atoms with Crippen molar-refractivity contribution in [1.82, 2.24) is 5.32 Å². The van der Waals surface area contributed by atoms with Gasteiger partial charge in [-0.25, -0.2) is 4.39 Å². The largest absolute Gasteiger partial charge is 0.477 e. The molecule has 1 aromatic carbocycles. The first-order valence-corrected chi connectivity index (χ1v) is 5.26. The smallest absolute Gasteiger partial charge is 0.311 e. The molecule has 0 aliphatic carbocycles. The van der Waals surface area contributed by atoms with Crippen molar-refractivity contribution in [3.8, 4) is 5.75 Å². The number of nitrogens with zero attached hydrogens (tertiary/aromatic N) is 1. The van der Waals surface area contributed by atoms with E-state index in [1.807, 2.05) is 0 Å². The average Bonchev–Trinajstić information content (AvgIpc) is 2.25. The fraction of sp³-hybridized carbons (Fsp3) is 0.364. The van der Waals surface area contributed by atoms with Gasteiger partial charge < -0.3 is 10.1 Å². The molecule has 6 nitrogen and oxygen atoms in total. The summed E-state index contributed by atoms with van der Waals surface area (Å²) in [6.45, 7) is 3.13. The lowest BCUT2D eigenvalue weighted by Gasteiger charge is -2.09. The molecule has 0 radical (unpaired) electrons. The third-order valence-electron chi connectivity index (χ3n) is 1.93. The summed E-state index contributed by atoms with van der Waals surface area (Å²) in [5.74, 6) is -1.36. The lowest BCUT2D eigenvalue weighted by molar-refractivity contribution is -0.385. The summed E-state index contributed by atoms with van der Waals surface area (Å²) in [4.78, 5) is 21.3. The van der Waals surface area contributed by atoms with Crippen LogP contribution in [-0.4, -0.2) is 23.5 Å². The van der Waals surface area contributed by atoms with Crippen LogP contribution < -0.4 is 10.1 Å². The average molecular weight is 256 g/mol. The second-order valence-corrected chi connectivity index (χ2v) is 3.88. The number of ether oxygens (including phenoxy) is 1. The molecule has 98 valence electrons. The number of nitro benzene ring substituents is 1. The number of hydrogen-bond acceptors (Lipinski definition) is 4. The maximum absolute atomic E-state index is 12.9. The summed E-state index contributed by atoms with van der Waals surface area (Å²) in [5, 5.41) is 13.2. The van der Waals surface area contributed by atoms with Gasteiger partial charge in [-0.15, -0.1) is 0 Å². The monoisotopic (exact) mass is 256 g/mol. The minimum Gasteiger partial charge on any atom is -0.477 e. The molecule has 7 heteroatoms. The van der Waals surface area contributed by atoms with E-state index in [1.54, 1.807) is 13.8 Å². The van der Waals surface area contributed by atoms with Crippen molar-refractivity contribution in [1.29, 1.82) is 0 Å². The third kappa shape index (κ3) is 4.00. The van der Waals surface area contributed by atoms with E-state index < -0.39 is 23.3 Å². The minimum atomic E-state index is -0.699. The molecule has 1 rings (SSSR count). The summed E-state index contributed by atoms with van der Waals surface area (Å²) in [6.07, 6.45) is 0. The molecule has 0 fully saturated rings. The van der Waals surface area contributed by atoms with Gasteiger partial charge in [-0.3, -0.25) is 14.9 Å². The van der Waals surface area contributed by atoms with Gasteiger partial charge in [0.2, 0.25) is 5.75 Å². The topological polar surface area (TPSA) is 81.5 Å². The highest BCUT2D eigenvalue weighted by Gasteiger charge is 2.17. The number of amides is 1. The number of benzene rings is 1. The number of carbonyl (C=O) groups is 1. The summed E-state index contributed by atoms with van der Waals surface area (Å²) in [6, 6.07) is 2.76. The maximum Gasteiger partial charge on any atom is 0.311 e. The van der Waals surface area contributed by atoms with Gasteiger partial charge in [-0.05, 0) is 19.9 Å². The summed E-state index contributed by atoms with van der Waals surface area (Å²) in [5.41, 5.74) is -0.381. The van der Waals surface area contributed by atoms with Crippen LogP contribution in [0.25, 0.3) is 0 Å². The molecule has 1 aromatic rings. The molecule has 1 amide bonds. The summed E-state index contributed by atoms with van der Waals surface area (Å²) < 4.78 is 17.9. The van der Waals surface area contributed by atoms with Crippen LogP contribution in [0.1, 0.15) is 13.8 Å². The third-order valence-corrected chi connectivity index (χ3v) is 1.93. The predicted octanol–water partition coefficient (Wildman–Crippen LogP) is 1.64. The number of halogens is 1. The molecule has 0 atom stereocenters. The molecule has 0 saturated heterocycles. The van der Waals surface area contributed by atoms with Crippen molar-refractivity contribution >= 4 is 11.6 Å². The van der Waals surface area contributed by atoms with E-state index in [2.05, 4.69) is 5.32 Å². The molecule has 0 aliphatic heterocycles. The van der Waals surface area contributed by atoms with E-state index in [4.69, 9.17) is 4.74 Å². The normalized spacial score (nSPS) is 10.2. The zero-order chi connectivity index (χ0) is 13.7. The van der Waals surface area contributed by atoms with Crippen LogP contribution in [-0.2, 0) is 4.79 Å². The Bertz CT molecular complexity index is 462. The van der Waals surface area contributed by atoms with E-state index >= 15 is 0 Å². The first kappa shape index (κ1) is 13.9. The highest BCUT2D eigenvalue weighted by Crippen LogP contribution is 2.27. The van der Waals surface area contributed by atoms with Crippen molar-refractivity contribution in [2.75, 3.05) is 6.61 Å². The van der Waals surface area contributed by atoms with E-state index in [0.29, 0.717) is 0 Å². The van der Waals surface area contributed by atoms with E-state index in [0.717, 1.165) is 18.2 Å². The van der Waals surface area contributed by atoms with Gasteiger partial charge in [0.05, 0.1) is 4.92 Å². The van der Waals surface area contributed by atoms with Gasteiger partial charge in [0.25, 0.3) is 5.91 Å². The van der Waals surface area contributed by atoms with Gasteiger partial charge >= 0.3 is 5.69 Å². The molecule has 18 heavy (non-hydrogen) atoms. The molecule has 0 spiro atoms. The maximum atomic E-state index is 12.9. The van der Waals surface area contributed by atoms with Crippen LogP contribution in [0.2, 0.25) is 0 Å². The van der Waals surface area contributed by atoms with Crippen LogP contribution in [0.5, 0.6) is 5.75 Å². The zero-order valence-electron chi connectivity index (χ0n) is 9.97. The van der Waals surface area contributed by atoms with Gasteiger partial charge in [0, 0.05) is 18.2 Å². The fourth-order valence-electron chi connectivity index (χ4n) is 1.26. The van der Waals surface area contributed by atoms with Gasteiger partial charge in [-0.2, -0.15) is 0 Å². The Hall–Kier alpha value is -2.18. The first-order valence-electron chi connectivity index (χ1n) is 5.26. The second kappa shape index (κ2) is 5.95. The Morgan fingerprint density at radius 2 is 2.22 bits per heavy atom. The summed E-state index contributed by atoms with van der Waals surface area (Å²) >= 11 is 0. The van der Waals surface area contributed by atoms with Crippen molar-refractivity contribution in [3.63, 3.8) is 0 Å². The second-order valence-electron chi connectivity index (χ2n) is 3.88. The van der Waals surface area contributed by atoms with E-state index in [-0.39, 0.29) is 17.5 Å². The lowest BCUT2D eigenvalue weighted by Crippen LogP contribution is -2.34. The molecular formula is C11H13FN2O4. The van der Waals surface area contributed by atoms with Crippen molar-refractivity contribution in [2.45, 2.75) is 19.9 Å². The van der Waals surface area contributed by atoms with Crippen molar-refractivity contribution < 1.29 is 18.8 Å². The fourth-order valence-corrected chi connectivity index (χ4v) is 1.26. The van der Waals surface area contributed by atoms with E-state index in [1.165, 1.54) is 0 Å². The highest BCUT2D eigenvalue weighted by molar-refractivity contribution is 5.77. The molecule has 0 aromatic heterocycles. The van der Waals surface area contributed by atoms with Crippen molar-refractivity contribution in [2.24, 2.45) is 0 Å². The Morgan fingerprint density at radius 3 is 2.78 bits per heavy atom. The number of carbonyl (C=O) groups excluding carboxylic acids is 1. The van der Waals surface area contributed by atoms with Crippen LogP contribution in [0.3, 0.4) is 0 Å². The molecule has 0 aliphatic rings. The molecule has 1 N–H and O–H groups in total. The Morgan fingerprint density at radius 1 is 1.56 bits per heavy atom. The Balaban J connectivity index is 2.74. The van der Waals surface area contributed by atoms with Crippen LogP contribution in [0, 0.1) is 15.9 Å². The Kier molecular flexibility index (Phi) is 4.59. The molecule has 0 saturated carbocycles. The molecular weight excluding hydrogens is 243 g/mol. The Labute approximate surface area is 103 Å². The van der Waals surface area contributed by atoms with Crippen molar-refractivity contribution in [3.05, 3.63) is 34.1 Å². The van der Waals surface area contributed by atoms with Crippen LogP contribution in [0.4, 0.5) is 10.1 Å². The number of rotatable bonds is 5. The molecule has 0 unspecified atom stereocenters. The highest BCUT2D eigenvalue weighted by atomic mass is 19.1. The number of nitro groups is 1. The standard InChI is InChI=1S/C11H13FN2O4/c1-7(2)13-11(15)6-18-10-5-8(12)3-4-9(10)14(16)17/h3-5,7H,6H2,1-2H3,(H,13,15). The quantitative estimate of drug-likeness (QED) is 0.641. The SMILES string of the molecule is CC(C)NC(=O)COc1cc(F)ccc1[N+](=O)[O-]. The lowest BCUT2D eigenvalue weighted by atomic mass is 10.3. The minimum absolute atomic E-state index is 0.0661. The van der Waals surface area contributed by atoms with Crippen LogP contribution >= 0.6 is 0 Å². The van der Waals surface area contributed by atoms with Gasteiger partial charge in [0.1, 0.15) is 5.82 Å². The number of hydrogen-bond donors (Lipinski definition) is 1. The predicted molar refractivity (Wildman–Crippen MR) is 61.8 cm³/mol. The number of nitrogens with one attached hydrogen (secondary N) is 1. The molecule has 0 heterocycles. The van der Waals surface area contributed by atoms with Gasteiger partial charge in [0.15, 0.2) is 6.61 Å². The first-order chi connectivity index (χ1) is 8.40. The van der Waals surface area contributed by atoms with Gasteiger partial charge in [-0.1, -0.05) is 0 Å². The molecule has 0 bridgehead atoms. The van der Waals surface area contributed by atoms with E-state index in [9.17, 15) is 19.3 Å². The zero-order valence-corrected chi connectivity index (χ0v) is 9.97. The van der Waals surface area contributed by atoms with Crippen LogP contribution in [0.15, 0.2) is 18.2 Å². The summed E-state index contributed by atoms with van der Waals surface area (Å²) in [7, 11) is 0.